The first-order valence-electron chi connectivity index (χ1n) is 10.1. The molecule has 3 fully saturated rings. The van der Waals surface area contributed by atoms with Gasteiger partial charge in [0.05, 0.1) is 0 Å². The maximum Gasteiger partial charge on any atom is 0.225 e. The SMILES string of the molecule is c1cnc(N2CCN(C3CN(Cc4cnc(C5CCC5)nc4)C3)CC2)nc1. The van der Waals surface area contributed by atoms with Crippen LogP contribution < -0.4 is 4.90 Å². The Kier molecular flexibility index (Phi) is 4.71. The quantitative estimate of drug-likeness (QED) is 0.796. The summed E-state index contributed by atoms with van der Waals surface area (Å²) in [7, 11) is 0. The lowest BCUT2D eigenvalue weighted by molar-refractivity contribution is 0.0253. The zero-order chi connectivity index (χ0) is 18.1. The molecule has 2 saturated heterocycles. The summed E-state index contributed by atoms with van der Waals surface area (Å²) in [5.74, 6) is 2.52. The van der Waals surface area contributed by atoms with Crippen LogP contribution in [0.2, 0.25) is 0 Å². The Morgan fingerprint density at radius 2 is 1.59 bits per heavy atom. The zero-order valence-electron chi connectivity index (χ0n) is 15.7. The Balaban J connectivity index is 1.07. The van der Waals surface area contributed by atoms with Gasteiger partial charge in [-0.15, -0.1) is 0 Å². The van der Waals surface area contributed by atoms with Gasteiger partial charge in [0, 0.05) is 88.1 Å². The topological polar surface area (TPSA) is 61.3 Å². The highest BCUT2D eigenvalue weighted by Crippen LogP contribution is 2.34. The van der Waals surface area contributed by atoms with E-state index in [4.69, 9.17) is 0 Å². The lowest BCUT2D eigenvalue weighted by Crippen LogP contribution is -2.62. The largest absolute Gasteiger partial charge is 0.338 e. The summed E-state index contributed by atoms with van der Waals surface area (Å²) in [4.78, 5) is 25.3. The molecule has 0 amide bonds. The van der Waals surface area contributed by atoms with E-state index >= 15 is 0 Å². The van der Waals surface area contributed by atoms with Crippen molar-refractivity contribution >= 4 is 5.95 Å². The van der Waals surface area contributed by atoms with Crippen LogP contribution in [0.25, 0.3) is 0 Å². The highest BCUT2D eigenvalue weighted by molar-refractivity contribution is 5.29. The summed E-state index contributed by atoms with van der Waals surface area (Å²) in [5, 5.41) is 0. The van der Waals surface area contributed by atoms with E-state index in [1.165, 1.54) is 24.8 Å². The van der Waals surface area contributed by atoms with Crippen LogP contribution >= 0.6 is 0 Å². The van der Waals surface area contributed by atoms with Gasteiger partial charge in [-0.05, 0) is 18.9 Å². The fourth-order valence-corrected chi connectivity index (χ4v) is 4.23. The van der Waals surface area contributed by atoms with Gasteiger partial charge in [-0.1, -0.05) is 6.42 Å². The van der Waals surface area contributed by atoms with Crippen LogP contribution in [-0.4, -0.2) is 75.0 Å². The summed E-state index contributed by atoms with van der Waals surface area (Å²) in [5.41, 5.74) is 1.24. The zero-order valence-corrected chi connectivity index (χ0v) is 15.7. The van der Waals surface area contributed by atoms with E-state index in [0.717, 1.165) is 57.6 Å². The van der Waals surface area contributed by atoms with Gasteiger partial charge in [0.1, 0.15) is 5.82 Å². The second-order valence-corrected chi connectivity index (χ2v) is 8.00. The van der Waals surface area contributed by atoms with E-state index in [9.17, 15) is 0 Å². The monoisotopic (exact) mass is 365 g/mol. The highest BCUT2D eigenvalue weighted by atomic mass is 15.4. The van der Waals surface area contributed by atoms with Crippen molar-refractivity contribution < 1.29 is 0 Å². The van der Waals surface area contributed by atoms with Crippen molar-refractivity contribution in [2.24, 2.45) is 0 Å². The van der Waals surface area contributed by atoms with Gasteiger partial charge < -0.3 is 4.90 Å². The minimum atomic E-state index is 0.618. The van der Waals surface area contributed by atoms with E-state index < -0.39 is 0 Å². The number of hydrogen-bond acceptors (Lipinski definition) is 7. The molecular formula is C20H27N7. The standard InChI is InChI=1S/C20H27N7/c1-3-17(4-1)19-23-11-16(12-24-19)13-25-14-18(15-25)26-7-9-27(10-8-26)20-21-5-2-6-22-20/h2,5-6,11-12,17-18H,1,3-4,7-10,13-15H2. The third kappa shape index (κ3) is 3.66. The second kappa shape index (κ2) is 7.48. The van der Waals surface area contributed by atoms with Crippen molar-refractivity contribution in [1.29, 1.82) is 0 Å². The van der Waals surface area contributed by atoms with Crippen molar-refractivity contribution in [1.82, 2.24) is 29.7 Å². The van der Waals surface area contributed by atoms with Crippen molar-refractivity contribution in [3.8, 4) is 0 Å². The Morgan fingerprint density at radius 1 is 0.889 bits per heavy atom. The van der Waals surface area contributed by atoms with Gasteiger partial charge >= 0.3 is 0 Å². The third-order valence-corrected chi connectivity index (χ3v) is 6.21. The minimum Gasteiger partial charge on any atom is -0.338 e. The van der Waals surface area contributed by atoms with Crippen LogP contribution in [0, 0.1) is 0 Å². The molecule has 0 unspecified atom stereocenters. The molecule has 0 aromatic carbocycles. The van der Waals surface area contributed by atoms with E-state index in [2.05, 4.69) is 34.6 Å². The number of likely N-dealkylation sites (tertiary alicyclic amines) is 1. The lowest BCUT2D eigenvalue weighted by Gasteiger charge is -2.48. The molecule has 3 aliphatic rings. The van der Waals surface area contributed by atoms with Crippen molar-refractivity contribution in [2.75, 3.05) is 44.2 Å². The highest BCUT2D eigenvalue weighted by Gasteiger charge is 2.33. The van der Waals surface area contributed by atoms with E-state index in [-0.39, 0.29) is 0 Å². The van der Waals surface area contributed by atoms with Gasteiger partial charge in [0.15, 0.2) is 0 Å². The predicted molar refractivity (Wildman–Crippen MR) is 104 cm³/mol. The molecule has 0 atom stereocenters. The summed E-state index contributed by atoms with van der Waals surface area (Å²) in [6.45, 7) is 7.47. The average molecular weight is 365 g/mol. The predicted octanol–water partition coefficient (Wildman–Crippen LogP) is 1.54. The number of hydrogen-bond donors (Lipinski definition) is 0. The van der Waals surface area contributed by atoms with E-state index in [1.54, 1.807) is 0 Å². The molecular weight excluding hydrogens is 338 g/mol. The molecule has 5 rings (SSSR count). The van der Waals surface area contributed by atoms with Crippen LogP contribution in [0.5, 0.6) is 0 Å². The van der Waals surface area contributed by atoms with Gasteiger partial charge in [0.25, 0.3) is 0 Å². The molecule has 142 valence electrons. The number of anilines is 1. The van der Waals surface area contributed by atoms with Crippen LogP contribution in [0.15, 0.2) is 30.9 Å². The second-order valence-electron chi connectivity index (χ2n) is 8.00. The first-order valence-corrected chi connectivity index (χ1v) is 10.1. The Labute approximate surface area is 160 Å². The van der Waals surface area contributed by atoms with E-state index in [1.807, 2.05) is 30.9 Å². The van der Waals surface area contributed by atoms with Crippen molar-refractivity contribution in [3.05, 3.63) is 42.2 Å². The average Bonchev–Trinajstić information content (AvgIpc) is 2.65. The lowest BCUT2D eigenvalue weighted by atomic mass is 9.85. The van der Waals surface area contributed by atoms with Gasteiger partial charge in [0.2, 0.25) is 5.95 Å². The molecule has 7 heteroatoms. The molecule has 7 nitrogen and oxygen atoms in total. The normalized spacial score (nSPS) is 22.4. The minimum absolute atomic E-state index is 0.618. The Morgan fingerprint density at radius 3 is 2.22 bits per heavy atom. The Hall–Kier alpha value is -2.12. The molecule has 2 aliphatic heterocycles. The maximum atomic E-state index is 4.59. The fraction of sp³-hybridized carbons (Fsp3) is 0.600. The fourth-order valence-electron chi connectivity index (χ4n) is 4.23. The number of rotatable bonds is 5. The molecule has 0 radical (unpaired) electrons. The van der Waals surface area contributed by atoms with Crippen LogP contribution in [-0.2, 0) is 6.54 Å². The summed E-state index contributed by atoms with van der Waals surface area (Å²) in [6, 6.07) is 2.55. The number of nitrogens with zero attached hydrogens (tertiary/aromatic N) is 7. The van der Waals surface area contributed by atoms with E-state index in [0.29, 0.717) is 12.0 Å². The molecule has 2 aromatic rings. The summed E-state index contributed by atoms with van der Waals surface area (Å²) in [6.07, 6.45) is 11.6. The first-order chi connectivity index (χ1) is 13.3. The molecule has 27 heavy (non-hydrogen) atoms. The van der Waals surface area contributed by atoms with Crippen LogP contribution in [0.1, 0.15) is 36.6 Å². The van der Waals surface area contributed by atoms with Gasteiger partial charge in [-0.25, -0.2) is 19.9 Å². The first kappa shape index (κ1) is 17.0. The molecule has 1 aliphatic carbocycles. The third-order valence-electron chi connectivity index (χ3n) is 6.21. The molecule has 0 spiro atoms. The van der Waals surface area contributed by atoms with Crippen molar-refractivity contribution in [3.63, 3.8) is 0 Å². The Bertz CT molecular complexity index is 733. The van der Waals surface area contributed by atoms with Crippen LogP contribution in [0.3, 0.4) is 0 Å². The van der Waals surface area contributed by atoms with Crippen LogP contribution in [0.4, 0.5) is 5.95 Å². The summed E-state index contributed by atoms with van der Waals surface area (Å²) < 4.78 is 0. The van der Waals surface area contributed by atoms with Crippen molar-refractivity contribution in [2.45, 2.75) is 37.8 Å². The van der Waals surface area contributed by atoms with Gasteiger partial charge in [-0.3, -0.25) is 9.80 Å². The molecule has 4 heterocycles. The molecule has 0 N–H and O–H groups in total. The van der Waals surface area contributed by atoms with Gasteiger partial charge in [-0.2, -0.15) is 0 Å². The smallest absolute Gasteiger partial charge is 0.225 e. The number of piperazine rings is 1. The maximum absolute atomic E-state index is 4.59. The molecule has 0 bridgehead atoms. The molecule has 2 aromatic heterocycles. The summed E-state index contributed by atoms with van der Waals surface area (Å²) >= 11 is 0. The molecule has 1 saturated carbocycles. The number of aromatic nitrogens is 4.